The summed E-state index contributed by atoms with van der Waals surface area (Å²) in [4.78, 5) is 29.6. The molecule has 1 aromatic heterocycles. The number of benzene rings is 2. The first-order valence-electron chi connectivity index (χ1n) is 13.9. The van der Waals surface area contributed by atoms with E-state index in [1.165, 1.54) is 49.5 Å². The number of nitrogens with zero attached hydrogens (tertiary/aromatic N) is 2. The minimum atomic E-state index is -0.343. The van der Waals surface area contributed by atoms with Crippen molar-refractivity contribution in [2.24, 2.45) is 4.99 Å². The van der Waals surface area contributed by atoms with Crippen molar-refractivity contribution in [2.75, 3.05) is 18.5 Å². The van der Waals surface area contributed by atoms with E-state index in [0.29, 0.717) is 35.9 Å². The highest BCUT2D eigenvalue weighted by atomic mass is 32.1. The van der Waals surface area contributed by atoms with Crippen molar-refractivity contribution >= 4 is 39.2 Å². The van der Waals surface area contributed by atoms with E-state index in [0.717, 1.165) is 41.5 Å². The van der Waals surface area contributed by atoms with Gasteiger partial charge in [-0.3, -0.25) is 4.79 Å². The lowest BCUT2D eigenvalue weighted by atomic mass is 10.1. The molecule has 2 aromatic carbocycles. The SMILES string of the molecule is CCCCCCCCOc1cc2c(cc1NC(C)=O)s/c(=N/C(=O)NCCCC)n2Cc1ccc(C)cc1. The van der Waals surface area contributed by atoms with Crippen LogP contribution in [0.4, 0.5) is 10.5 Å². The normalized spacial score (nSPS) is 11.6. The van der Waals surface area contributed by atoms with Crippen LogP contribution in [0.3, 0.4) is 0 Å². The summed E-state index contributed by atoms with van der Waals surface area (Å²) in [5.74, 6) is 0.480. The number of carbonyl (C=O) groups is 2. The molecule has 206 valence electrons. The summed E-state index contributed by atoms with van der Waals surface area (Å²) >= 11 is 1.43. The second kappa shape index (κ2) is 15.3. The predicted octanol–water partition coefficient (Wildman–Crippen LogP) is 7.17. The van der Waals surface area contributed by atoms with Crippen LogP contribution in [0, 0.1) is 6.92 Å². The molecule has 0 aliphatic carbocycles. The predicted molar refractivity (Wildman–Crippen MR) is 157 cm³/mol. The number of unbranched alkanes of at least 4 members (excludes halogenated alkanes) is 6. The van der Waals surface area contributed by atoms with E-state index in [1.807, 2.05) is 12.1 Å². The van der Waals surface area contributed by atoms with Crippen LogP contribution < -0.4 is 20.2 Å². The Kier molecular flexibility index (Phi) is 11.9. The minimum absolute atomic E-state index is 0.155. The van der Waals surface area contributed by atoms with E-state index in [1.54, 1.807) is 0 Å². The van der Waals surface area contributed by atoms with Gasteiger partial charge in [-0.15, -0.1) is 0 Å². The van der Waals surface area contributed by atoms with Crippen molar-refractivity contribution in [2.45, 2.75) is 85.6 Å². The topological polar surface area (TPSA) is 84.7 Å². The number of hydrogen-bond acceptors (Lipinski definition) is 4. The second-order valence-electron chi connectivity index (χ2n) is 9.77. The molecule has 0 aliphatic heterocycles. The van der Waals surface area contributed by atoms with Crippen LogP contribution in [0.5, 0.6) is 5.75 Å². The molecule has 8 heteroatoms. The van der Waals surface area contributed by atoms with Crippen molar-refractivity contribution in [1.82, 2.24) is 9.88 Å². The quantitative estimate of drug-likeness (QED) is 0.213. The van der Waals surface area contributed by atoms with Crippen LogP contribution in [0.25, 0.3) is 10.2 Å². The van der Waals surface area contributed by atoms with Gasteiger partial charge in [0.05, 0.1) is 29.1 Å². The van der Waals surface area contributed by atoms with E-state index < -0.39 is 0 Å². The molecule has 0 saturated heterocycles. The summed E-state index contributed by atoms with van der Waals surface area (Å²) in [5.41, 5.74) is 3.87. The first kappa shape index (κ1) is 29.4. The minimum Gasteiger partial charge on any atom is -0.491 e. The molecule has 7 nitrogen and oxygen atoms in total. The Bertz CT molecular complexity index is 1260. The van der Waals surface area contributed by atoms with E-state index in [-0.39, 0.29) is 11.9 Å². The Morgan fingerprint density at radius 3 is 2.39 bits per heavy atom. The molecule has 3 aromatic rings. The van der Waals surface area contributed by atoms with Gasteiger partial charge in [0.1, 0.15) is 5.75 Å². The first-order chi connectivity index (χ1) is 18.4. The van der Waals surface area contributed by atoms with Crippen LogP contribution in [-0.2, 0) is 11.3 Å². The van der Waals surface area contributed by atoms with Crippen molar-refractivity contribution in [1.29, 1.82) is 0 Å². The van der Waals surface area contributed by atoms with E-state index in [4.69, 9.17) is 4.74 Å². The first-order valence-corrected chi connectivity index (χ1v) is 14.7. The molecule has 3 amide bonds. The van der Waals surface area contributed by atoms with Gasteiger partial charge in [0.15, 0.2) is 4.80 Å². The molecular weight excluding hydrogens is 496 g/mol. The summed E-state index contributed by atoms with van der Waals surface area (Å²) < 4.78 is 9.17. The fourth-order valence-corrected chi connectivity index (χ4v) is 5.23. The third kappa shape index (κ3) is 9.01. The number of amides is 3. The fraction of sp³-hybridized carbons (Fsp3) is 0.500. The van der Waals surface area contributed by atoms with Crippen molar-refractivity contribution in [3.05, 3.63) is 52.3 Å². The van der Waals surface area contributed by atoms with Crippen LogP contribution in [0.1, 0.15) is 83.3 Å². The molecule has 0 saturated carbocycles. The number of nitrogens with one attached hydrogen (secondary N) is 2. The van der Waals surface area contributed by atoms with Crippen LogP contribution in [0.2, 0.25) is 0 Å². The Morgan fingerprint density at radius 2 is 1.68 bits per heavy atom. The average molecular weight is 539 g/mol. The molecule has 0 fully saturated rings. The Labute approximate surface area is 230 Å². The summed E-state index contributed by atoms with van der Waals surface area (Å²) in [6.45, 7) is 9.62. The van der Waals surface area contributed by atoms with Gasteiger partial charge >= 0.3 is 6.03 Å². The average Bonchev–Trinajstić information content (AvgIpc) is 3.19. The standard InChI is InChI=1S/C30H42N4O3S/c1-5-7-9-10-11-12-18-37-27-20-26-28(19-25(27)32-23(4)35)38-30(33-29(36)31-17-8-6-2)34(26)21-24-15-13-22(3)14-16-24/h13-16,19-20H,5-12,17-18,21H2,1-4H3,(H,31,36)(H,32,35)/b33-30+. The number of carbonyl (C=O) groups excluding carboxylic acids is 2. The number of ether oxygens (including phenoxy) is 1. The monoisotopic (exact) mass is 538 g/mol. The number of aromatic nitrogens is 1. The molecule has 0 aliphatic rings. The number of fused-ring (bicyclic) bond motifs is 1. The number of aryl methyl sites for hydroxylation is 1. The lowest BCUT2D eigenvalue weighted by Gasteiger charge is -2.13. The lowest BCUT2D eigenvalue weighted by molar-refractivity contribution is -0.114. The molecule has 2 N–H and O–H groups in total. The molecule has 0 atom stereocenters. The lowest BCUT2D eigenvalue weighted by Crippen LogP contribution is -2.25. The molecule has 0 bridgehead atoms. The molecule has 0 unspecified atom stereocenters. The van der Waals surface area contributed by atoms with Gasteiger partial charge in [0.2, 0.25) is 5.91 Å². The third-order valence-corrected chi connectivity index (χ3v) is 7.36. The van der Waals surface area contributed by atoms with Crippen LogP contribution in [0.15, 0.2) is 41.4 Å². The smallest absolute Gasteiger partial charge is 0.343 e. The van der Waals surface area contributed by atoms with E-state index in [2.05, 4.69) is 65.2 Å². The van der Waals surface area contributed by atoms with Crippen molar-refractivity contribution in [3.63, 3.8) is 0 Å². The van der Waals surface area contributed by atoms with Crippen LogP contribution >= 0.6 is 11.3 Å². The Hall–Kier alpha value is -3.13. The highest BCUT2D eigenvalue weighted by Gasteiger charge is 2.15. The van der Waals surface area contributed by atoms with E-state index >= 15 is 0 Å². The Morgan fingerprint density at radius 1 is 0.974 bits per heavy atom. The van der Waals surface area contributed by atoms with Gasteiger partial charge in [-0.05, 0) is 31.4 Å². The largest absolute Gasteiger partial charge is 0.491 e. The fourth-order valence-electron chi connectivity index (χ4n) is 4.18. The molecule has 0 radical (unpaired) electrons. The maximum Gasteiger partial charge on any atom is 0.343 e. The number of rotatable bonds is 14. The zero-order valence-electron chi connectivity index (χ0n) is 23.3. The molecule has 3 rings (SSSR count). The number of hydrogen-bond donors (Lipinski definition) is 2. The highest BCUT2D eigenvalue weighted by Crippen LogP contribution is 2.33. The maximum atomic E-state index is 12.6. The molecule has 1 heterocycles. The summed E-state index contributed by atoms with van der Waals surface area (Å²) in [6, 6.07) is 11.9. The van der Waals surface area contributed by atoms with Gasteiger partial charge in [-0.2, -0.15) is 4.99 Å². The zero-order chi connectivity index (χ0) is 27.3. The second-order valence-corrected chi connectivity index (χ2v) is 10.8. The van der Waals surface area contributed by atoms with E-state index in [9.17, 15) is 9.59 Å². The number of urea groups is 1. The summed E-state index contributed by atoms with van der Waals surface area (Å²) in [7, 11) is 0. The van der Waals surface area contributed by atoms with Gasteiger partial charge in [-0.1, -0.05) is 93.5 Å². The summed E-state index contributed by atoms with van der Waals surface area (Å²) in [6.07, 6.45) is 8.97. The third-order valence-electron chi connectivity index (χ3n) is 6.32. The summed E-state index contributed by atoms with van der Waals surface area (Å²) in [5, 5.41) is 5.80. The van der Waals surface area contributed by atoms with Gasteiger partial charge in [0.25, 0.3) is 0 Å². The van der Waals surface area contributed by atoms with Crippen molar-refractivity contribution in [3.8, 4) is 5.75 Å². The molecule has 38 heavy (non-hydrogen) atoms. The molecule has 0 spiro atoms. The highest BCUT2D eigenvalue weighted by molar-refractivity contribution is 7.16. The van der Waals surface area contributed by atoms with Crippen LogP contribution in [-0.4, -0.2) is 29.7 Å². The molecular formula is C30H42N4O3S. The Balaban J connectivity index is 1.96. The van der Waals surface area contributed by atoms with Crippen molar-refractivity contribution < 1.29 is 14.3 Å². The number of thiazole rings is 1. The number of anilines is 1. The van der Waals surface area contributed by atoms with Gasteiger partial charge < -0.3 is 19.9 Å². The van der Waals surface area contributed by atoms with Gasteiger partial charge in [0, 0.05) is 19.5 Å². The maximum absolute atomic E-state index is 12.6. The zero-order valence-corrected chi connectivity index (χ0v) is 24.1. The van der Waals surface area contributed by atoms with Gasteiger partial charge in [-0.25, -0.2) is 4.79 Å².